The summed E-state index contributed by atoms with van der Waals surface area (Å²) in [6.07, 6.45) is 0. The Hall–Kier alpha value is -3.59. The number of benzene rings is 3. The van der Waals surface area contributed by atoms with Crippen molar-refractivity contribution in [2.45, 2.75) is 25.3 Å². The molecule has 0 aliphatic carbocycles. The van der Waals surface area contributed by atoms with E-state index >= 15 is 0 Å². The van der Waals surface area contributed by atoms with Gasteiger partial charge in [0.15, 0.2) is 0 Å². The first-order valence-corrected chi connectivity index (χ1v) is 12.3. The smallest absolute Gasteiger partial charge is 0.264 e. The fourth-order valence-corrected chi connectivity index (χ4v) is 4.64. The van der Waals surface area contributed by atoms with Crippen molar-refractivity contribution in [2.75, 3.05) is 24.1 Å². The number of sulfonamides is 1. The summed E-state index contributed by atoms with van der Waals surface area (Å²) in [7, 11) is -4.14. The van der Waals surface area contributed by atoms with E-state index in [-0.39, 0.29) is 17.1 Å². The highest BCUT2D eigenvalue weighted by atomic mass is 32.2. The van der Waals surface area contributed by atoms with Crippen LogP contribution in [0, 0.1) is 5.82 Å². The highest BCUT2D eigenvalue weighted by molar-refractivity contribution is 7.92. The monoisotopic (exact) mass is 486 g/mol. The Bertz CT molecular complexity index is 1200. The van der Waals surface area contributed by atoms with Crippen LogP contribution in [0.5, 0.6) is 11.5 Å². The molecule has 0 unspecified atom stereocenters. The molecule has 0 spiro atoms. The van der Waals surface area contributed by atoms with Gasteiger partial charge in [-0.1, -0.05) is 12.1 Å². The van der Waals surface area contributed by atoms with Gasteiger partial charge in [0.05, 0.1) is 23.8 Å². The Balaban J connectivity index is 1.82. The fraction of sp³-hybridized carbons (Fsp3) is 0.240. The standard InChI is InChI=1S/C25H27FN2O5S/c1-3-32-22-12-10-21(11-13-22)28(34(30,31)24-14-8-20(26)9-15-24)18-25(29)27-17-19-6-5-7-23(16-19)33-4-2/h5-16H,3-4,17-18H2,1-2H3,(H,27,29). The molecule has 1 amide bonds. The quantitative estimate of drug-likeness (QED) is 0.441. The summed E-state index contributed by atoms with van der Waals surface area (Å²) in [5.74, 6) is 0.202. The molecule has 0 atom stereocenters. The van der Waals surface area contributed by atoms with E-state index in [2.05, 4.69) is 5.32 Å². The number of rotatable bonds is 11. The number of carbonyl (C=O) groups excluding carboxylic acids is 1. The minimum atomic E-state index is -4.14. The topological polar surface area (TPSA) is 84.9 Å². The van der Waals surface area contributed by atoms with Gasteiger partial charge in [-0.3, -0.25) is 9.10 Å². The molecule has 1 N–H and O–H groups in total. The lowest BCUT2D eigenvalue weighted by molar-refractivity contribution is -0.119. The maximum absolute atomic E-state index is 13.4. The predicted octanol–water partition coefficient (Wildman–Crippen LogP) is 4.13. The van der Waals surface area contributed by atoms with E-state index in [1.165, 1.54) is 12.1 Å². The van der Waals surface area contributed by atoms with Crippen molar-refractivity contribution in [1.82, 2.24) is 5.32 Å². The van der Waals surface area contributed by atoms with Crippen LogP contribution in [-0.2, 0) is 21.4 Å². The van der Waals surface area contributed by atoms with E-state index in [1.54, 1.807) is 24.3 Å². The van der Waals surface area contributed by atoms with E-state index in [1.807, 2.05) is 38.1 Å². The number of hydrogen-bond donors (Lipinski definition) is 1. The minimum Gasteiger partial charge on any atom is -0.494 e. The number of hydrogen-bond acceptors (Lipinski definition) is 5. The third-order valence-electron chi connectivity index (χ3n) is 4.82. The van der Waals surface area contributed by atoms with Crippen molar-refractivity contribution < 1.29 is 27.1 Å². The molecule has 9 heteroatoms. The summed E-state index contributed by atoms with van der Waals surface area (Å²) in [6.45, 7) is 4.45. The maximum atomic E-state index is 13.4. The lowest BCUT2D eigenvalue weighted by Crippen LogP contribution is -2.40. The van der Waals surface area contributed by atoms with Crippen LogP contribution in [0.25, 0.3) is 0 Å². The molecule has 0 aliphatic heterocycles. The van der Waals surface area contributed by atoms with Gasteiger partial charge in [-0.15, -0.1) is 0 Å². The van der Waals surface area contributed by atoms with Gasteiger partial charge < -0.3 is 14.8 Å². The van der Waals surface area contributed by atoms with Crippen LogP contribution in [-0.4, -0.2) is 34.1 Å². The largest absolute Gasteiger partial charge is 0.494 e. The molecule has 0 bridgehead atoms. The average molecular weight is 487 g/mol. The molecule has 0 saturated carbocycles. The molecule has 3 aromatic carbocycles. The second-order valence-corrected chi connectivity index (χ2v) is 9.11. The van der Waals surface area contributed by atoms with Crippen molar-refractivity contribution in [3.8, 4) is 11.5 Å². The Labute approximate surface area is 199 Å². The Morgan fingerprint density at radius 2 is 1.56 bits per heavy atom. The molecule has 0 saturated heterocycles. The maximum Gasteiger partial charge on any atom is 0.264 e. The van der Waals surface area contributed by atoms with E-state index in [9.17, 15) is 17.6 Å². The van der Waals surface area contributed by atoms with Gasteiger partial charge in [0.1, 0.15) is 23.9 Å². The molecule has 0 radical (unpaired) electrons. The van der Waals surface area contributed by atoms with Crippen molar-refractivity contribution in [3.05, 3.63) is 84.2 Å². The molecule has 0 fully saturated rings. The number of nitrogens with one attached hydrogen (secondary N) is 1. The van der Waals surface area contributed by atoms with Crippen LogP contribution < -0.4 is 19.1 Å². The second kappa shape index (κ2) is 11.5. The van der Waals surface area contributed by atoms with Crippen LogP contribution in [0.4, 0.5) is 10.1 Å². The van der Waals surface area contributed by atoms with Gasteiger partial charge in [-0.25, -0.2) is 12.8 Å². The summed E-state index contributed by atoms with van der Waals surface area (Å²) in [4.78, 5) is 12.7. The summed E-state index contributed by atoms with van der Waals surface area (Å²) in [5.41, 5.74) is 1.09. The molecule has 0 aromatic heterocycles. The van der Waals surface area contributed by atoms with E-state index in [4.69, 9.17) is 9.47 Å². The number of ether oxygens (including phenoxy) is 2. The molecule has 180 valence electrons. The zero-order valence-electron chi connectivity index (χ0n) is 19.0. The van der Waals surface area contributed by atoms with Gasteiger partial charge >= 0.3 is 0 Å². The number of amides is 1. The van der Waals surface area contributed by atoms with Crippen molar-refractivity contribution in [3.63, 3.8) is 0 Å². The van der Waals surface area contributed by atoms with Crippen LogP contribution >= 0.6 is 0 Å². The summed E-state index contributed by atoms with van der Waals surface area (Å²) >= 11 is 0. The van der Waals surface area contributed by atoms with E-state index in [0.29, 0.717) is 24.7 Å². The second-order valence-electron chi connectivity index (χ2n) is 7.25. The van der Waals surface area contributed by atoms with Gasteiger partial charge in [-0.05, 0) is 80.1 Å². The summed E-state index contributed by atoms with van der Waals surface area (Å²) < 4.78 is 52.0. The lowest BCUT2D eigenvalue weighted by Gasteiger charge is -2.24. The zero-order chi connectivity index (χ0) is 24.6. The first-order chi connectivity index (χ1) is 16.3. The first kappa shape index (κ1) is 25.0. The SMILES string of the molecule is CCOc1ccc(N(CC(=O)NCc2cccc(OCC)c2)S(=O)(=O)c2ccc(F)cc2)cc1. The highest BCUT2D eigenvalue weighted by Crippen LogP contribution is 2.26. The fourth-order valence-electron chi connectivity index (χ4n) is 3.22. The Morgan fingerprint density at radius 3 is 2.21 bits per heavy atom. The molecule has 3 rings (SSSR count). The van der Waals surface area contributed by atoms with Gasteiger partial charge in [0.2, 0.25) is 5.91 Å². The molecule has 3 aromatic rings. The van der Waals surface area contributed by atoms with Crippen LogP contribution in [0.2, 0.25) is 0 Å². The lowest BCUT2D eigenvalue weighted by atomic mass is 10.2. The van der Waals surface area contributed by atoms with Crippen molar-refractivity contribution >= 4 is 21.6 Å². The van der Waals surface area contributed by atoms with Crippen LogP contribution in [0.3, 0.4) is 0 Å². The molecule has 7 nitrogen and oxygen atoms in total. The van der Waals surface area contributed by atoms with Gasteiger partial charge in [0, 0.05) is 6.54 Å². The zero-order valence-corrected chi connectivity index (χ0v) is 19.8. The minimum absolute atomic E-state index is 0.125. The number of halogens is 1. The third kappa shape index (κ3) is 6.48. The molecular weight excluding hydrogens is 459 g/mol. The third-order valence-corrected chi connectivity index (χ3v) is 6.61. The number of anilines is 1. The van der Waals surface area contributed by atoms with Gasteiger partial charge in [-0.2, -0.15) is 0 Å². The average Bonchev–Trinajstić information content (AvgIpc) is 2.83. The van der Waals surface area contributed by atoms with E-state index in [0.717, 1.165) is 22.0 Å². The normalized spacial score (nSPS) is 11.0. The predicted molar refractivity (Wildman–Crippen MR) is 128 cm³/mol. The molecular formula is C25H27FN2O5S. The first-order valence-electron chi connectivity index (χ1n) is 10.8. The number of nitrogens with zero attached hydrogens (tertiary/aromatic N) is 1. The molecule has 0 heterocycles. The van der Waals surface area contributed by atoms with E-state index < -0.39 is 28.3 Å². The van der Waals surface area contributed by atoms with Crippen LogP contribution in [0.15, 0.2) is 77.7 Å². The molecule has 0 aliphatic rings. The van der Waals surface area contributed by atoms with Crippen molar-refractivity contribution in [1.29, 1.82) is 0 Å². The van der Waals surface area contributed by atoms with Gasteiger partial charge in [0.25, 0.3) is 10.0 Å². The van der Waals surface area contributed by atoms with Crippen LogP contribution in [0.1, 0.15) is 19.4 Å². The Morgan fingerprint density at radius 1 is 0.912 bits per heavy atom. The molecule has 34 heavy (non-hydrogen) atoms. The summed E-state index contributed by atoms with van der Waals surface area (Å²) in [5, 5.41) is 2.75. The highest BCUT2D eigenvalue weighted by Gasteiger charge is 2.27. The summed E-state index contributed by atoms with van der Waals surface area (Å²) in [6, 6.07) is 18.1. The van der Waals surface area contributed by atoms with Crippen molar-refractivity contribution in [2.24, 2.45) is 0 Å². The Kier molecular flexibility index (Phi) is 8.48. The number of carbonyl (C=O) groups is 1.